The molecule has 1 heterocycles. The van der Waals surface area contributed by atoms with E-state index in [9.17, 15) is 14.5 Å². The van der Waals surface area contributed by atoms with Crippen LogP contribution < -0.4 is 0 Å². The number of benzene rings is 1. The molecule has 1 N–H and O–H groups in total. The van der Waals surface area contributed by atoms with Gasteiger partial charge in [0.05, 0.1) is 11.3 Å². The van der Waals surface area contributed by atoms with E-state index in [-0.39, 0.29) is 16.7 Å². The second kappa shape index (κ2) is 2.51. The van der Waals surface area contributed by atoms with Crippen LogP contribution in [0.3, 0.4) is 0 Å². The first-order valence-electron chi connectivity index (χ1n) is 3.46. The van der Waals surface area contributed by atoms with Gasteiger partial charge in [-0.15, -0.1) is 0 Å². The molecule has 0 saturated carbocycles. The van der Waals surface area contributed by atoms with Crippen molar-refractivity contribution in [3.8, 4) is 0 Å². The van der Waals surface area contributed by atoms with Crippen molar-refractivity contribution in [1.29, 1.82) is 0 Å². The van der Waals surface area contributed by atoms with Gasteiger partial charge in [-0.3, -0.25) is 10.1 Å². The first-order chi connectivity index (χ1) is 6.20. The van der Waals surface area contributed by atoms with E-state index < -0.39 is 10.7 Å². The van der Waals surface area contributed by atoms with E-state index in [1.54, 1.807) is 0 Å². The van der Waals surface area contributed by atoms with Crippen molar-refractivity contribution in [3.63, 3.8) is 0 Å². The minimum Gasteiger partial charge on any atom is -0.342 e. The Morgan fingerprint density at radius 2 is 2.31 bits per heavy atom. The largest absolute Gasteiger partial charge is 0.342 e. The molecule has 6 heteroatoms. The van der Waals surface area contributed by atoms with Gasteiger partial charge >= 0.3 is 0 Å². The molecule has 13 heavy (non-hydrogen) atoms. The number of aromatic amines is 1. The Hall–Kier alpha value is -1.98. The van der Waals surface area contributed by atoms with Crippen LogP contribution in [0, 0.1) is 15.9 Å². The standard InChI is InChI=1S/C7H4FN3O2/c8-4-1-2-5(11(12)13)7-6(4)9-3-10-7/h1-3H,(H,9,10). The van der Waals surface area contributed by atoms with Gasteiger partial charge in [0, 0.05) is 6.07 Å². The molecule has 2 aromatic rings. The summed E-state index contributed by atoms with van der Waals surface area (Å²) in [6, 6.07) is 2.14. The number of nitrogens with zero attached hydrogens (tertiary/aromatic N) is 2. The van der Waals surface area contributed by atoms with E-state index in [1.807, 2.05) is 0 Å². The number of fused-ring (bicyclic) bond motifs is 1. The van der Waals surface area contributed by atoms with Crippen LogP contribution in [0.25, 0.3) is 11.0 Å². The molecule has 0 radical (unpaired) electrons. The van der Waals surface area contributed by atoms with Crippen LogP contribution in [-0.2, 0) is 0 Å². The Morgan fingerprint density at radius 1 is 1.54 bits per heavy atom. The fourth-order valence-corrected chi connectivity index (χ4v) is 1.13. The summed E-state index contributed by atoms with van der Waals surface area (Å²) in [6.45, 7) is 0. The van der Waals surface area contributed by atoms with Gasteiger partial charge < -0.3 is 4.98 Å². The molecule has 2 rings (SSSR count). The molecule has 0 atom stereocenters. The van der Waals surface area contributed by atoms with Gasteiger partial charge in [-0.25, -0.2) is 9.37 Å². The number of imidazole rings is 1. The molecule has 1 aromatic carbocycles. The van der Waals surface area contributed by atoms with E-state index in [4.69, 9.17) is 0 Å². The third-order valence-electron chi connectivity index (χ3n) is 1.71. The number of nitro benzene ring substituents is 1. The van der Waals surface area contributed by atoms with Crippen LogP contribution in [0.4, 0.5) is 10.1 Å². The highest BCUT2D eigenvalue weighted by Gasteiger charge is 2.16. The fourth-order valence-electron chi connectivity index (χ4n) is 1.13. The summed E-state index contributed by atoms with van der Waals surface area (Å²) in [7, 11) is 0. The smallest absolute Gasteiger partial charge is 0.297 e. The number of non-ortho nitro benzene ring substituents is 1. The van der Waals surface area contributed by atoms with Crippen LogP contribution in [0.1, 0.15) is 0 Å². The zero-order chi connectivity index (χ0) is 9.42. The van der Waals surface area contributed by atoms with Gasteiger partial charge in [-0.1, -0.05) is 0 Å². The van der Waals surface area contributed by atoms with E-state index in [0.29, 0.717) is 0 Å². The predicted octanol–water partition coefficient (Wildman–Crippen LogP) is 1.61. The van der Waals surface area contributed by atoms with Crippen LogP contribution in [0.15, 0.2) is 18.5 Å². The average Bonchev–Trinajstić information content (AvgIpc) is 2.53. The number of hydrogen-bond acceptors (Lipinski definition) is 3. The summed E-state index contributed by atoms with van der Waals surface area (Å²) in [5.41, 5.74) is -0.0862. The normalized spacial score (nSPS) is 10.5. The van der Waals surface area contributed by atoms with E-state index in [0.717, 1.165) is 12.1 Å². The highest BCUT2D eigenvalue weighted by molar-refractivity contribution is 5.84. The maximum Gasteiger partial charge on any atom is 0.297 e. The van der Waals surface area contributed by atoms with Crippen LogP contribution in [-0.4, -0.2) is 14.9 Å². The van der Waals surface area contributed by atoms with Crippen molar-refractivity contribution in [3.05, 3.63) is 34.4 Å². The highest BCUT2D eigenvalue weighted by atomic mass is 19.1. The zero-order valence-electron chi connectivity index (χ0n) is 6.32. The molecule has 0 unspecified atom stereocenters. The second-order valence-corrected chi connectivity index (χ2v) is 2.45. The summed E-state index contributed by atoms with van der Waals surface area (Å²) in [6.07, 6.45) is 1.22. The summed E-state index contributed by atoms with van der Waals surface area (Å²) >= 11 is 0. The third kappa shape index (κ3) is 1.03. The minimum atomic E-state index is -0.595. The molecular weight excluding hydrogens is 177 g/mol. The number of nitrogens with one attached hydrogen (secondary N) is 1. The number of hydrogen-bond donors (Lipinski definition) is 1. The van der Waals surface area contributed by atoms with Gasteiger partial charge in [0.1, 0.15) is 11.3 Å². The van der Waals surface area contributed by atoms with Crippen molar-refractivity contribution in [2.24, 2.45) is 0 Å². The lowest BCUT2D eigenvalue weighted by atomic mass is 10.2. The van der Waals surface area contributed by atoms with Crippen molar-refractivity contribution in [2.45, 2.75) is 0 Å². The van der Waals surface area contributed by atoms with Crippen molar-refractivity contribution in [2.75, 3.05) is 0 Å². The van der Waals surface area contributed by atoms with E-state index in [2.05, 4.69) is 9.97 Å². The Bertz CT molecular complexity index is 480. The van der Waals surface area contributed by atoms with E-state index in [1.165, 1.54) is 6.33 Å². The first kappa shape index (κ1) is 7.66. The predicted molar refractivity (Wildman–Crippen MR) is 42.7 cm³/mol. The number of aromatic nitrogens is 2. The summed E-state index contributed by atoms with van der Waals surface area (Å²) in [5, 5.41) is 10.5. The Kier molecular flexibility index (Phi) is 1.48. The number of nitro groups is 1. The molecule has 0 spiro atoms. The molecule has 0 aliphatic carbocycles. The summed E-state index contributed by atoms with van der Waals surface area (Å²) in [4.78, 5) is 16.0. The van der Waals surface area contributed by atoms with Gasteiger partial charge in [0.2, 0.25) is 0 Å². The quantitative estimate of drug-likeness (QED) is 0.536. The first-order valence-corrected chi connectivity index (χ1v) is 3.46. The molecule has 0 saturated heterocycles. The van der Waals surface area contributed by atoms with Gasteiger partial charge in [0.15, 0.2) is 5.52 Å². The average molecular weight is 181 g/mol. The van der Waals surface area contributed by atoms with Gasteiger partial charge in [-0.05, 0) is 6.07 Å². The SMILES string of the molecule is O=[N+]([O-])c1ccc(F)c2[nH]cnc12. The zero-order valence-corrected chi connectivity index (χ0v) is 6.32. The second-order valence-electron chi connectivity index (χ2n) is 2.45. The topological polar surface area (TPSA) is 71.8 Å². The van der Waals surface area contributed by atoms with Gasteiger partial charge in [0.25, 0.3) is 5.69 Å². The van der Waals surface area contributed by atoms with Crippen molar-refractivity contribution < 1.29 is 9.31 Å². The minimum absolute atomic E-state index is 0.0463. The lowest BCUT2D eigenvalue weighted by molar-refractivity contribution is -0.383. The lowest BCUT2D eigenvalue weighted by Gasteiger charge is -1.92. The molecule has 0 aliphatic rings. The van der Waals surface area contributed by atoms with Gasteiger partial charge in [-0.2, -0.15) is 0 Å². The molecule has 5 nitrogen and oxygen atoms in total. The number of halogens is 1. The number of H-pyrrole nitrogens is 1. The molecule has 0 aliphatic heterocycles. The van der Waals surface area contributed by atoms with Crippen LogP contribution in [0.2, 0.25) is 0 Å². The molecule has 0 amide bonds. The third-order valence-corrected chi connectivity index (χ3v) is 1.71. The van der Waals surface area contributed by atoms with Crippen molar-refractivity contribution in [1.82, 2.24) is 9.97 Å². The maximum absolute atomic E-state index is 13.0. The Morgan fingerprint density at radius 3 is 3.00 bits per heavy atom. The fraction of sp³-hybridized carbons (Fsp3) is 0. The Balaban J connectivity index is 2.86. The maximum atomic E-state index is 13.0. The van der Waals surface area contributed by atoms with Crippen molar-refractivity contribution >= 4 is 16.7 Å². The Labute approximate surface area is 71.4 Å². The monoisotopic (exact) mass is 181 g/mol. The molecule has 66 valence electrons. The summed E-state index contributed by atoms with van der Waals surface area (Å²) in [5.74, 6) is -0.543. The number of rotatable bonds is 1. The molecule has 0 bridgehead atoms. The van der Waals surface area contributed by atoms with Crippen LogP contribution in [0.5, 0.6) is 0 Å². The highest BCUT2D eigenvalue weighted by Crippen LogP contribution is 2.23. The molecule has 1 aromatic heterocycles. The molecule has 0 fully saturated rings. The van der Waals surface area contributed by atoms with Crippen LogP contribution >= 0.6 is 0 Å². The molecular formula is C7H4FN3O2. The lowest BCUT2D eigenvalue weighted by Crippen LogP contribution is -1.90. The summed E-state index contributed by atoms with van der Waals surface area (Å²) < 4.78 is 13.0. The van der Waals surface area contributed by atoms with E-state index >= 15 is 0 Å².